The second kappa shape index (κ2) is 5.32. The van der Waals surface area contributed by atoms with Crippen molar-refractivity contribution in [3.05, 3.63) is 0 Å². The summed E-state index contributed by atoms with van der Waals surface area (Å²) in [4.78, 5) is 0. The molecule has 7 heavy (non-hydrogen) atoms. The van der Waals surface area contributed by atoms with Gasteiger partial charge in [0.05, 0.1) is 0 Å². The molecule has 3 heteroatoms. The molecular formula is C4H10ClHgO. The number of hydrogen-bond acceptors (Lipinski definition) is 1. The molecular weight excluding hydrogens is 300 g/mol. The Labute approximate surface area is 57.4 Å². The summed E-state index contributed by atoms with van der Waals surface area (Å²) < 4.78 is 6.30. The molecule has 0 aliphatic carbocycles. The zero-order chi connectivity index (χ0) is 5.70. The summed E-state index contributed by atoms with van der Waals surface area (Å²) in [6.07, 6.45) is 0. The Hall–Kier alpha value is 1.19. The minimum atomic E-state index is -1.96. The molecule has 0 aromatic heterocycles. The first-order valence-electron chi connectivity index (χ1n) is 2.76. The zero-order valence-electron chi connectivity index (χ0n) is 4.91. The maximum atomic E-state index is 5.77. The van der Waals surface area contributed by atoms with Crippen LogP contribution >= 0.6 is 8.25 Å². The van der Waals surface area contributed by atoms with E-state index in [1.165, 1.54) is 0 Å². The molecule has 0 unspecified atom stereocenters. The molecule has 0 fully saturated rings. The predicted octanol–water partition coefficient (Wildman–Crippen LogP) is 2.15. The van der Waals surface area contributed by atoms with E-state index < -0.39 is 22.2 Å². The van der Waals surface area contributed by atoms with E-state index in [1.54, 1.807) is 0 Å². The van der Waals surface area contributed by atoms with Crippen LogP contribution in [0.1, 0.15) is 13.8 Å². The van der Waals surface area contributed by atoms with Gasteiger partial charge in [-0.1, -0.05) is 0 Å². The summed E-state index contributed by atoms with van der Waals surface area (Å²) >= 11 is -1.96. The van der Waals surface area contributed by atoms with Crippen molar-refractivity contribution < 1.29 is 24.9 Å². The van der Waals surface area contributed by atoms with Gasteiger partial charge in [0.1, 0.15) is 0 Å². The average molecular weight is 310 g/mol. The van der Waals surface area contributed by atoms with Gasteiger partial charge in [-0.15, -0.1) is 0 Å². The summed E-state index contributed by atoms with van der Waals surface area (Å²) in [5, 5.41) is 0. The quantitative estimate of drug-likeness (QED) is 0.726. The Kier molecular flexibility index (Phi) is 6.23. The van der Waals surface area contributed by atoms with Crippen molar-refractivity contribution in [1.82, 2.24) is 0 Å². The van der Waals surface area contributed by atoms with Crippen LogP contribution in [-0.4, -0.2) is 6.61 Å². The van der Waals surface area contributed by atoms with Gasteiger partial charge in [0.15, 0.2) is 0 Å². The van der Waals surface area contributed by atoms with Gasteiger partial charge >= 0.3 is 57.5 Å². The summed E-state index contributed by atoms with van der Waals surface area (Å²) in [7, 11) is 5.77. The van der Waals surface area contributed by atoms with Crippen molar-refractivity contribution in [3.8, 4) is 0 Å². The van der Waals surface area contributed by atoms with Crippen LogP contribution in [0.4, 0.5) is 0 Å². The zero-order valence-corrected chi connectivity index (χ0v) is 11.2. The predicted molar refractivity (Wildman–Crippen MR) is 28.0 cm³/mol. The van der Waals surface area contributed by atoms with Gasteiger partial charge < -0.3 is 0 Å². The molecule has 0 bridgehead atoms. The molecule has 1 nitrogen and oxygen atoms in total. The molecule has 0 saturated heterocycles. The van der Waals surface area contributed by atoms with E-state index in [9.17, 15) is 0 Å². The second-order valence-corrected chi connectivity index (χ2v) is 16.1. The van der Waals surface area contributed by atoms with E-state index in [0.29, 0.717) is 0 Å². The molecule has 0 aromatic rings. The van der Waals surface area contributed by atoms with E-state index in [2.05, 4.69) is 6.92 Å². The number of rotatable bonds is 3. The number of hydrogen-bond donors (Lipinski definition) is 0. The van der Waals surface area contributed by atoms with Gasteiger partial charge in [0.2, 0.25) is 0 Å². The molecule has 0 radical (unpaired) electrons. The first-order chi connectivity index (χ1) is 3.31. The van der Waals surface area contributed by atoms with Crippen molar-refractivity contribution in [1.29, 1.82) is 0 Å². The summed E-state index contributed by atoms with van der Waals surface area (Å²) in [6, 6.07) is 0. The van der Waals surface area contributed by atoms with Crippen LogP contribution < -0.4 is 0 Å². The van der Waals surface area contributed by atoms with E-state index in [-0.39, 0.29) is 0 Å². The first kappa shape index (κ1) is 8.19. The molecule has 0 aliphatic rings. The summed E-state index contributed by atoms with van der Waals surface area (Å²) in [6.45, 7) is 4.90. The van der Waals surface area contributed by atoms with Crippen molar-refractivity contribution in [2.24, 2.45) is 0 Å². The third-order valence-corrected chi connectivity index (χ3v) is 11.9. The standard InChI is InChI=1S/C2H5O.C2H5.ClH.Hg/c1-2-3;1-2;;/h2H2,1H3;1H2,2H3;1H;/q-1;;;+2/p-1. The minimum absolute atomic E-state index is 0.813. The van der Waals surface area contributed by atoms with Crippen molar-refractivity contribution in [2.45, 2.75) is 17.8 Å². The van der Waals surface area contributed by atoms with E-state index in [0.717, 1.165) is 10.5 Å². The van der Waals surface area contributed by atoms with Crippen LogP contribution in [-0.2, 0) is 24.9 Å². The van der Waals surface area contributed by atoms with Crippen LogP contribution in [0.3, 0.4) is 0 Å². The topological polar surface area (TPSA) is 9.23 Å². The molecule has 0 aromatic carbocycles. The Morgan fingerprint density at radius 1 is 1.57 bits per heavy atom. The van der Waals surface area contributed by atoms with Crippen molar-refractivity contribution in [3.63, 3.8) is 0 Å². The number of halogens is 1. The molecule has 0 spiro atoms. The monoisotopic (exact) mass is 311 g/mol. The molecule has 0 N–H and O–H groups in total. The molecule has 0 aliphatic heterocycles. The fraction of sp³-hybridized carbons (Fsp3) is 1.00. The molecule has 0 amide bonds. The molecule has 0 atom stereocenters. The van der Waals surface area contributed by atoms with Crippen molar-refractivity contribution in [2.75, 3.05) is 6.61 Å². The fourth-order valence-corrected chi connectivity index (χ4v) is 4.56. The van der Waals surface area contributed by atoms with Gasteiger partial charge in [0, 0.05) is 0 Å². The van der Waals surface area contributed by atoms with Gasteiger partial charge in [0.25, 0.3) is 0 Å². The van der Waals surface area contributed by atoms with Gasteiger partial charge in [-0.05, 0) is 0 Å². The van der Waals surface area contributed by atoms with Gasteiger partial charge in [-0.3, -0.25) is 0 Å². The van der Waals surface area contributed by atoms with E-state index in [1.807, 2.05) is 6.92 Å². The first-order valence-corrected chi connectivity index (χ1v) is 15.7. The Morgan fingerprint density at radius 3 is 2.29 bits per heavy atom. The Morgan fingerprint density at radius 2 is 2.14 bits per heavy atom. The molecule has 0 heterocycles. The van der Waals surface area contributed by atoms with Crippen LogP contribution in [0.15, 0.2) is 0 Å². The SMILES string of the molecule is CC[O][Hg]([Cl])[CH2]C. The van der Waals surface area contributed by atoms with Gasteiger partial charge in [-0.25, -0.2) is 0 Å². The van der Waals surface area contributed by atoms with Crippen LogP contribution in [0.5, 0.6) is 0 Å². The summed E-state index contributed by atoms with van der Waals surface area (Å²) in [5.41, 5.74) is 0. The molecule has 0 rings (SSSR count). The summed E-state index contributed by atoms with van der Waals surface area (Å²) in [5.74, 6) is 0. The van der Waals surface area contributed by atoms with Gasteiger partial charge in [-0.2, -0.15) is 0 Å². The maximum absolute atomic E-state index is 5.77. The van der Waals surface area contributed by atoms with Crippen molar-refractivity contribution >= 4 is 8.25 Å². The Bertz CT molecular complexity index is 42.7. The fourth-order valence-electron chi connectivity index (χ4n) is 0.366. The normalized spacial score (nSPS) is 9.00. The van der Waals surface area contributed by atoms with E-state index >= 15 is 0 Å². The van der Waals surface area contributed by atoms with Crippen LogP contribution in [0.2, 0.25) is 3.93 Å². The third-order valence-electron chi connectivity index (χ3n) is 0.819. The second-order valence-electron chi connectivity index (χ2n) is 1.50. The van der Waals surface area contributed by atoms with E-state index in [4.69, 9.17) is 10.9 Å². The average Bonchev–Trinajstić information content (AvgIpc) is 1.68. The molecule has 0 saturated carbocycles. The molecule has 41 valence electrons. The third kappa shape index (κ3) is 5.05. The van der Waals surface area contributed by atoms with Crippen LogP contribution in [0, 0.1) is 0 Å². The van der Waals surface area contributed by atoms with Crippen LogP contribution in [0.25, 0.3) is 0 Å². The Balaban J connectivity index is 2.83.